The maximum atomic E-state index is 5.64. The highest BCUT2D eigenvalue weighted by atomic mass is 16.0. The Bertz CT molecular complexity index is 424. The molecule has 0 radical (unpaired) electrons. The lowest BCUT2D eigenvalue weighted by molar-refractivity contribution is 0.824. The molecule has 2 aromatic rings. The summed E-state index contributed by atoms with van der Waals surface area (Å²) in [6, 6.07) is 7.53. The predicted molar refractivity (Wildman–Crippen MR) is 54.6 cm³/mol. The highest BCUT2D eigenvalue weighted by Gasteiger charge is 2.01. The first-order valence-electron chi connectivity index (χ1n) is 4.01. The third-order valence-corrected chi connectivity index (χ3v) is 1.76. The smallest absolute Gasteiger partial charge is 0.161 e. The lowest BCUT2D eigenvalue weighted by Crippen LogP contribution is -1.86. The second-order valence-corrected chi connectivity index (χ2v) is 2.88. The number of aromatic nitrogens is 3. The Labute approximate surface area is 81.3 Å². The van der Waals surface area contributed by atoms with Gasteiger partial charge >= 0.3 is 0 Å². The Morgan fingerprint density at radius 1 is 1.29 bits per heavy atom. The Kier molecular flexibility index (Phi) is 2.83. The van der Waals surface area contributed by atoms with Gasteiger partial charge in [0.25, 0.3) is 0 Å². The van der Waals surface area contributed by atoms with Crippen LogP contribution in [0.4, 0.5) is 5.69 Å². The van der Waals surface area contributed by atoms with E-state index < -0.39 is 0 Å². The highest BCUT2D eigenvalue weighted by Crippen LogP contribution is 2.16. The van der Waals surface area contributed by atoms with Gasteiger partial charge in [0.05, 0.1) is 0 Å². The summed E-state index contributed by atoms with van der Waals surface area (Å²) in [4.78, 5) is 3.04. The molecule has 5 nitrogen and oxygen atoms in total. The molecule has 0 spiro atoms. The second-order valence-electron chi connectivity index (χ2n) is 2.88. The summed E-state index contributed by atoms with van der Waals surface area (Å²) in [7, 11) is 0. The van der Waals surface area contributed by atoms with Gasteiger partial charge in [0.1, 0.15) is 5.82 Å². The Morgan fingerprint density at radius 2 is 2.07 bits per heavy atom. The van der Waals surface area contributed by atoms with Crippen molar-refractivity contribution in [2.45, 2.75) is 6.92 Å². The number of aryl methyl sites for hydroxylation is 1. The zero-order chi connectivity index (χ0) is 9.26. The largest absolute Gasteiger partial charge is 0.412 e. The zero-order valence-electron chi connectivity index (χ0n) is 7.78. The van der Waals surface area contributed by atoms with E-state index in [0.29, 0.717) is 0 Å². The van der Waals surface area contributed by atoms with E-state index in [1.54, 1.807) is 0 Å². The molecular formula is C9H12N4O. The number of rotatable bonds is 1. The van der Waals surface area contributed by atoms with Crippen LogP contribution in [0.25, 0.3) is 11.4 Å². The van der Waals surface area contributed by atoms with Gasteiger partial charge in [0.2, 0.25) is 0 Å². The van der Waals surface area contributed by atoms with Crippen molar-refractivity contribution in [2.24, 2.45) is 0 Å². The molecule has 5 N–H and O–H groups in total. The van der Waals surface area contributed by atoms with Crippen molar-refractivity contribution in [2.75, 3.05) is 5.73 Å². The number of nitrogens with zero attached hydrogens (tertiary/aromatic N) is 2. The van der Waals surface area contributed by atoms with Gasteiger partial charge in [-0.25, -0.2) is 0 Å². The molecule has 0 aliphatic heterocycles. The van der Waals surface area contributed by atoms with Gasteiger partial charge < -0.3 is 16.2 Å². The van der Waals surface area contributed by atoms with Crippen LogP contribution in [0.2, 0.25) is 0 Å². The maximum absolute atomic E-state index is 5.64. The number of nitrogen functional groups attached to an aromatic ring is 1. The Balaban J connectivity index is 0.000000980. The molecule has 5 heteroatoms. The number of hydrogen-bond acceptors (Lipinski definition) is 3. The van der Waals surface area contributed by atoms with Crippen molar-refractivity contribution in [1.82, 2.24) is 15.2 Å². The quantitative estimate of drug-likeness (QED) is 0.645. The molecule has 0 saturated carbocycles. The monoisotopic (exact) mass is 192 g/mol. The average molecular weight is 192 g/mol. The van der Waals surface area contributed by atoms with E-state index in [2.05, 4.69) is 15.2 Å². The molecule has 0 fully saturated rings. The third-order valence-electron chi connectivity index (χ3n) is 1.76. The van der Waals surface area contributed by atoms with E-state index in [1.807, 2.05) is 31.2 Å². The third kappa shape index (κ3) is 1.89. The van der Waals surface area contributed by atoms with Gasteiger partial charge in [-0.05, 0) is 19.1 Å². The van der Waals surface area contributed by atoms with Gasteiger partial charge in [-0.3, -0.25) is 0 Å². The van der Waals surface area contributed by atoms with Crippen molar-refractivity contribution in [3.05, 3.63) is 30.1 Å². The zero-order valence-corrected chi connectivity index (χ0v) is 7.78. The summed E-state index contributed by atoms with van der Waals surface area (Å²) in [6.07, 6.45) is 0. The van der Waals surface area contributed by atoms with E-state index in [-0.39, 0.29) is 5.48 Å². The molecule has 74 valence electrons. The van der Waals surface area contributed by atoms with E-state index in [9.17, 15) is 0 Å². The lowest BCUT2D eigenvalue weighted by Gasteiger charge is -1.96. The summed E-state index contributed by atoms with van der Waals surface area (Å²) in [5.41, 5.74) is 7.33. The minimum absolute atomic E-state index is 0. The number of hydrogen-bond donors (Lipinski definition) is 2. The van der Waals surface area contributed by atoms with Crippen molar-refractivity contribution in [3.8, 4) is 11.4 Å². The molecule has 0 unspecified atom stereocenters. The van der Waals surface area contributed by atoms with Crippen LogP contribution in [0.3, 0.4) is 0 Å². The van der Waals surface area contributed by atoms with Crippen molar-refractivity contribution in [1.29, 1.82) is 0 Å². The van der Waals surface area contributed by atoms with Crippen LogP contribution in [0.15, 0.2) is 24.3 Å². The topological polar surface area (TPSA) is 99.1 Å². The van der Waals surface area contributed by atoms with Crippen LogP contribution in [0, 0.1) is 6.92 Å². The van der Waals surface area contributed by atoms with Gasteiger partial charge in [0, 0.05) is 11.3 Å². The minimum atomic E-state index is 0. The van der Waals surface area contributed by atoms with Gasteiger partial charge in [0.15, 0.2) is 5.82 Å². The van der Waals surface area contributed by atoms with Crippen LogP contribution in [-0.4, -0.2) is 20.7 Å². The van der Waals surface area contributed by atoms with Gasteiger partial charge in [-0.1, -0.05) is 12.1 Å². The minimum Gasteiger partial charge on any atom is -0.412 e. The Morgan fingerprint density at radius 3 is 2.64 bits per heavy atom. The summed E-state index contributed by atoms with van der Waals surface area (Å²) >= 11 is 0. The first-order chi connectivity index (χ1) is 6.25. The number of nitrogens with two attached hydrogens (primary N) is 1. The fourth-order valence-corrected chi connectivity index (χ4v) is 1.16. The van der Waals surface area contributed by atoms with Crippen LogP contribution in [-0.2, 0) is 0 Å². The summed E-state index contributed by atoms with van der Waals surface area (Å²) in [5.74, 6) is 1.56. The first-order valence-corrected chi connectivity index (χ1v) is 4.01. The molecule has 1 aromatic carbocycles. The average Bonchev–Trinajstić information content (AvgIpc) is 2.52. The normalized spacial score (nSPS) is 9.50. The Hall–Kier alpha value is -1.88. The second kappa shape index (κ2) is 3.89. The number of anilines is 1. The van der Waals surface area contributed by atoms with Crippen LogP contribution in [0.1, 0.15) is 5.82 Å². The molecule has 14 heavy (non-hydrogen) atoms. The summed E-state index contributed by atoms with van der Waals surface area (Å²) < 4.78 is 0. The number of benzene rings is 1. The standard InChI is InChI=1S/C9H10N4.H2O/c1-6-11-9(13-12-6)7-3-2-4-8(10)5-7;/h2-5H,10H2,1H3,(H,11,12,13);1H2. The van der Waals surface area contributed by atoms with Gasteiger partial charge in [-0.2, -0.15) is 0 Å². The first kappa shape index (κ1) is 10.2. The molecule has 0 aliphatic rings. The molecule has 0 amide bonds. The van der Waals surface area contributed by atoms with E-state index in [0.717, 1.165) is 22.9 Å². The fourth-order valence-electron chi connectivity index (χ4n) is 1.16. The molecule has 0 atom stereocenters. The van der Waals surface area contributed by atoms with Crippen molar-refractivity contribution >= 4 is 5.69 Å². The SMILES string of the molecule is Cc1nnc(-c2cccc(N)c2)[nH]1.O. The highest BCUT2D eigenvalue weighted by molar-refractivity contribution is 5.60. The number of nitrogens with one attached hydrogen (secondary N) is 1. The summed E-state index contributed by atoms with van der Waals surface area (Å²) in [5, 5.41) is 7.84. The van der Waals surface area contributed by atoms with E-state index in [4.69, 9.17) is 5.73 Å². The van der Waals surface area contributed by atoms with Crippen LogP contribution in [0.5, 0.6) is 0 Å². The summed E-state index contributed by atoms with van der Waals surface area (Å²) in [6.45, 7) is 1.86. The number of aromatic amines is 1. The van der Waals surface area contributed by atoms with Gasteiger partial charge in [-0.15, -0.1) is 10.2 Å². The molecule has 0 saturated heterocycles. The molecule has 0 aliphatic carbocycles. The molecule has 1 heterocycles. The van der Waals surface area contributed by atoms with E-state index in [1.165, 1.54) is 0 Å². The predicted octanol–water partition coefficient (Wildman–Crippen LogP) is 0.538. The van der Waals surface area contributed by atoms with E-state index >= 15 is 0 Å². The molecule has 1 aromatic heterocycles. The maximum Gasteiger partial charge on any atom is 0.161 e. The van der Waals surface area contributed by atoms with Crippen molar-refractivity contribution < 1.29 is 5.48 Å². The fraction of sp³-hybridized carbons (Fsp3) is 0.111. The molecular weight excluding hydrogens is 180 g/mol. The number of H-pyrrole nitrogens is 1. The lowest BCUT2D eigenvalue weighted by atomic mass is 10.2. The molecule has 2 rings (SSSR count). The van der Waals surface area contributed by atoms with Crippen LogP contribution >= 0.6 is 0 Å². The van der Waals surface area contributed by atoms with Crippen molar-refractivity contribution in [3.63, 3.8) is 0 Å². The van der Waals surface area contributed by atoms with Crippen LogP contribution < -0.4 is 5.73 Å². The molecule has 0 bridgehead atoms.